The standard InChI is InChI=1S/C16H20N2O3/c1-5-15-10(2)6-13(7-11(15)3)18-9-14(21-16(18)20)8-17-12(4)19/h5-7,14H,1,8-9H2,2-4H3,(H,17,19). The summed E-state index contributed by atoms with van der Waals surface area (Å²) in [5.41, 5.74) is 4.03. The zero-order valence-electron chi connectivity index (χ0n) is 12.6. The van der Waals surface area contributed by atoms with E-state index in [-0.39, 0.29) is 18.1 Å². The van der Waals surface area contributed by atoms with E-state index in [1.165, 1.54) is 6.92 Å². The highest BCUT2D eigenvalue weighted by molar-refractivity contribution is 5.90. The number of nitrogens with zero attached hydrogens (tertiary/aromatic N) is 1. The van der Waals surface area contributed by atoms with E-state index < -0.39 is 0 Å². The number of cyclic esters (lactones) is 1. The summed E-state index contributed by atoms with van der Waals surface area (Å²) in [4.78, 5) is 24.5. The predicted octanol–water partition coefficient (Wildman–Crippen LogP) is 2.41. The van der Waals surface area contributed by atoms with Crippen LogP contribution in [-0.4, -0.2) is 31.2 Å². The van der Waals surface area contributed by atoms with Gasteiger partial charge in [0, 0.05) is 12.6 Å². The van der Waals surface area contributed by atoms with Crippen molar-refractivity contribution in [3.8, 4) is 0 Å². The average Bonchev–Trinajstić information content (AvgIpc) is 2.77. The SMILES string of the molecule is C=Cc1c(C)cc(N2CC(CNC(C)=O)OC2=O)cc1C. The van der Waals surface area contributed by atoms with Gasteiger partial charge in [-0.25, -0.2) is 4.79 Å². The monoisotopic (exact) mass is 288 g/mol. The molecular weight excluding hydrogens is 268 g/mol. The fraction of sp³-hybridized carbons (Fsp3) is 0.375. The summed E-state index contributed by atoms with van der Waals surface area (Å²) >= 11 is 0. The molecule has 1 unspecified atom stereocenters. The molecule has 1 aromatic carbocycles. The molecule has 1 aliphatic heterocycles. The molecule has 0 spiro atoms. The van der Waals surface area contributed by atoms with Crippen molar-refractivity contribution in [1.82, 2.24) is 5.32 Å². The summed E-state index contributed by atoms with van der Waals surface area (Å²) in [7, 11) is 0. The van der Waals surface area contributed by atoms with Gasteiger partial charge in [0.2, 0.25) is 5.91 Å². The van der Waals surface area contributed by atoms with Crippen LogP contribution < -0.4 is 10.2 Å². The van der Waals surface area contributed by atoms with Crippen LogP contribution in [0.4, 0.5) is 10.5 Å². The summed E-state index contributed by atoms with van der Waals surface area (Å²) in [6.45, 7) is 9.99. The molecule has 0 aliphatic carbocycles. The van der Waals surface area contributed by atoms with E-state index in [0.717, 1.165) is 22.4 Å². The summed E-state index contributed by atoms with van der Waals surface area (Å²) in [5, 5.41) is 2.66. The molecule has 5 nitrogen and oxygen atoms in total. The van der Waals surface area contributed by atoms with E-state index in [1.807, 2.05) is 32.1 Å². The van der Waals surface area contributed by atoms with Crippen LogP contribution in [0.5, 0.6) is 0 Å². The molecule has 0 saturated carbocycles. The maximum atomic E-state index is 12.0. The Kier molecular flexibility index (Phi) is 4.31. The fourth-order valence-corrected chi connectivity index (χ4v) is 2.53. The Labute approximate surface area is 124 Å². The first-order valence-electron chi connectivity index (χ1n) is 6.88. The van der Waals surface area contributed by atoms with Crippen LogP contribution in [0.3, 0.4) is 0 Å². The van der Waals surface area contributed by atoms with E-state index >= 15 is 0 Å². The molecule has 0 aromatic heterocycles. The van der Waals surface area contributed by atoms with Crippen LogP contribution in [0.1, 0.15) is 23.6 Å². The van der Waals surface area contributed by atoms with Crippen LogP contribution >= 0.6 is 0 Å². The lowest BCUT2D eigenvalue weighted by Crippen LogP contribution is -2.33. The number of aryl methyl sites for hydroxylation is 2. The minimum Gasteiger partial charge on any atom is -0.442 e. The lowest BCUT2D eigenvalue weighted by Gasteiger charge is -2.16. The van der Waals surface area contributed by atoms with Crippen molar-refractivity contribution in [2.75, 3.05) is 18.0 Å². The topological polar surface area (TPSA) is 58.6 Å². The van der Waals surface area contributed by atoms with Crippen molar-refractivity contribution >= 4 is 23.8 Å². The van der Waals surface area contributed by atoms with Crippen LogP contribution in [0, 0.1) is 13.8 Å². The molecule has 112 valence electrons. The molecule has 2 rings (SSSR count). The average molecular weight is 288 g/mol. The zero-order valence-corrected chi connectivity index (χ0v) is 12.6. The summed E-state index contributed by atoms with van der Waals surface area (Å²) in [6, 6.07) is 3.90. The number of hydrogen-bond donors (Lipinski definition) is 1. The van der Waals surface area contributed by atoms with Gasteiger partial charge in [0.15, 0.2) is 0 Å². The number of carbonyl (C=O) groups is 2. The van der Waals surface area contributed by atoms with Gasteiger partial charge in [-0.15, -0.1) is 0 Å². The van der Waals surface area contributed by atoms with Crippen molar-refractivity contribution in [2.45, 2.75) is 26.9 Å². The molecular formula is C16H20N2O3. The lowest BCUT2D eigenvalue weighted by molar-refractivity contribution is -0.119. The number of rotatable bonds is 4. The Bertz CT molecular complexity index is 572. The fourth-order valence-electron chi connectivity index (χ4n) is 2.53. The molecule has 21 heavy (non-hydrogen) atoms. The highest BCUT2D eigenvalue weighted by atomic mass is 16.6. The van der Waals surface area contributed by atoms with Crippen molar-refractivity contribution in [2.24, 2.45) is 0 Å². The molecule has 0 bridgehead atoms. The van der Waals surface area contributed by atoms with Gasteiger partial charge in [-0.1, -0.05) is 12.7 Å². The molecule has 1 aliphatic rings. The third-order valence-corrected chi connectivity index (χ3v) is 3.55. The van der Waals surface area contributed by atoms with Crippen molar-refractivity contribution < 1.29 is 14.3 Å². The van der Waals surface area contributed by atoms with Crippen molar-refractivity contribution in [3.63, 3.8) is 0 Å². The van der Waals surface area contributed by atoms with E-state index in [2.05, 4.69) is 11.9 Å². The third kappa shape index (κ3) is 3.24. The third-order valence-electron chi connectivity index (χ3n) is 3.55. The normalized spacial score (nSPS) is 17.6. The Balaban J connectivity index is 2.17. The Morgan fingerprint density at radius 3 is 2.62 bits per heavy atom. The number of benzene rings is 1. The largest absolute Gasteiger partial charge is 0.442 e. The number of hydrogen-bond acceptors (Lipinski definition) is 3. The van der Waals surface area contributed by atoms with Gasteiger partial charge in [-0.05, 0) is 42.7 Å². The molecule has 5 heteroatoms. The second-order valence-electron chi connectivity index (χ2n) is 5.25. The van der Waals surface area contributed by atoms with Crippen molar-refractivity contribution in [3.05, 3.63) is 35.4 Å². The van der Waals surface area contributed by atoms with Crippen LogP contribution in [-0.2, 0) is 9.53 Å². The maximum Gasteiger partial charge on any atom is 0.414 e. The molecule has 2 amide bonds. The first-order chi connectivity index (χ1) is 9.92. The van der Waals surface area contributed by atoms with E-state index in [1.54, 1.807) is 4.90 Å². The molecule has 1 fully saturated rings. The van der Waals surface area contributed by atoms with Gasteiger partial charge in [0.05, 0.1) is 13.1 Å². The number of anilines is 1. The quantitative estimate of drug-likeness (QED) is 0.925. The molecule has 1 N–H and O–H groups in total. The minimum atomic E-state index is -0.379. The van der Waals surface area contributed by atoms with E-state index in [0.29, 0.717) is 13.1 Å². The van der Waals surface area contributed by atoms with Gasteiger partial charge in [-0.2, -0.15) is 0 Å². The summed E-state index contributed by atoms with van der Waals surface area (Å²) in [5.74, 6) is -0.133. The number of nitrogens with one attached hydrogen (secondary N) is 1. The summed E-state index contributed by atoms with van der Waals surface area (Å²) < 4.78 is 5.27. The van der Waals surface area contributed by atoms with Gasteiger partial charge >= 0.3 is 6.09 Å². The molecule has 1 aromatic rings. The second-order valence-corrected chi connectivity index (χ2v) is 5.25. The number of amides is 2. The first-order valence-corrected chi connectivity index (χ1v) is 6.88. The maximum absolute atomic E-state index is 12.0. The summed E-state index contributed by atoms with van der Waals surface area (Å²) in [6.07, 6.45) is 1.12. The van der Waals surface area contributed by atoms with Gasteiger partial charge in [0.1, 0.15) is 6.10 Å². The van der Waals surface area contributed by atoms with Gasteiger partial charge in [-0.3, -0.25) is 9.69 Å². The van der Waals surface area contributed by atoms with E-state index in [9.17, 15) is 9.59 Å². The minimum absolute atomic E-state index is 0.133. The Morgan fingerprint density at radius 2 is 2.10 bits per heavy atom. The molecule has 1 atom stereocenters. The first kappa shape index (κ1) is 15.1. The Hall–Kier alpha value is -2.30. The second kappa shape index (κ2) is 5.99. The van der Waals surface area contributed by atoms with E-state index in [4.69, 9.17) is 4.74 Å². The predicted molar refractivity (Wildman–Crippen MR) is 82.3 cm³/mol. The molecule has 1 heterocycles. The molecule has 1 saturated heterocycles. The highest BCUT2D eigenvalue weighted by Gasteiger charge is 2.32. The highest BCUT2D eigenvalue weighted by Crippen LogP contribution is 2.27. The molecule has 0 radical (unpaired) electrons. The van der Waals surface area contributed by atoms with Crippen molar-refractivity contribution in [1.29, 1.82) is 0 Å². The van der Waals surface area contributed by atoms with Gasteiger partial charge in [0.25, 0.3) is 0 Å². The van der Waals surface area contributed by atoms with Crippen LogP contribution in [0.15, 0.2) is 18.7 Å². The number of ether oxygens (including phenoxy) is 1. The van der Waals surface area contributed by atoms with Crippen LogP contribution in [0.25, 0.3) is 6.08 Å². The number of carbonyl (C=O) groups excluding carboxylic acids is 2. The zero-order chi connectivity index (χ0) is 15.6. The lowest BCUT2D eigenvalue weighted by atomic mass is 10.0. The van der Waals surface area contributed by atoms with Gasteiger partial charge < -0.3 is 10.1 Å². The Morgan fingerprint density at radius 1 is 1.48 bits per heavy atom. The van der Waals surface area contributed by atoms with Crippen LogP contribution in [0.2, 0.25) is 0 Å². The smallest absolute Gasteiger partial charge is 0.414 e.